The lowest BCUT2D eigenvalue weighted by Crippen LogP contribution is -2.33. The predicted molar refractivity (Wildman–Crippen MR) is 77.5 cm³/mol. The van der Waals surface area contributed by atoms with E-state index in [0.717, 1.165) is 29.8 Å². The third-order valence-corrected chi connectivity index (χ3v) is 3.07. The van der Waals surface area contributed by atoms with Crippen LogP contribution in [0.15, 0.2) is 16.7 Å². The van der Waals surface area contributed by atoms with Gasteiger partial charge in [0.15, 0.2) is 0 Å². The summed E-state index contributed by atoms with van der Waals surface area (Å²) in [4.78, 5) is 6.94. The van der Waals surface area contributed by atoms with Crippen molar-refractivity contribution < 1.29 is 0 Å². The zero-order chi connectivity index (χ0) is 12.8. The lowest BCUT2D eigenvalue weighted by atomic mass is 10.2. The topological polar surface area (TPSA) is 28.2 Å². The summed E-state index contributed by atoms with van der Waals surface area (Å²) in [6.07, 6.45) is 3.01. The summed E-state index contributed by atoms with van der Waals surface area (Å²) in [5.74, 6) is 1.10. The van der Waals surface area contributed by atoms with Crippen LogP contribution in [-0.2, 0) is 6.54 Å². The Hall–Kier alpha value is -0.610. The molecule has 1 heterocycles. The van der Waals surface area contributed by atoms with Crippen LogP contribution in [0.4, 0.5) is 5.82 Å². The molecule has 17 heavy (non-hydrogen) atoms. The minimum Gasteiger partial charge on any atom is -0.354 e. The molecule has 1 rings (SSSR count). The van der Waals surface area contributed by atoms with Crippen molar-refractivity contribution in [3.63, 3.8) is 0 Å². The molecule has 0 bridgehead atoms. The highest BCUT2D eigenvalue weighted by atomic mass is 79.9. The maximum atomic E-state index is 4.58. The van der Waals surface area contributed by atoms with Gasteiger partial charge in [-0.2, -0.15) is 0 Å². The van der Waals surface area contributed by atoms with E-state index in [1.54, 1.807) is 0 Å². The Labute approximate surface area is 113 Å². The fourth-order valence-corrected chi connectivity index (χ4v) is 2.28. The molecular formula is C13H22BrN3. The summed E-state index contributed by atoms with van der Waals surface area (Å²) in [5.41, 5.74) is 1.24. The van der Waals surface area contributed by atoms with E-state index in [-0.39, 0.29) is 0 Å². The molecule has 1 N–H and O–H groups in total. The molecule has 0 aliphatic rings. The second kappa shape index (κ2) is 6.97. The van der Waals surface area contributed by atoms with Crippen molar-refractivity contribution in [2.45, 2.75) is 39.8 Å². The van der Waals surface area contributed by atoms with Gasteiger partial charge in [0.2, 0.25) is 0 Å². The minimum atomic E-state index is 0.472. The number of halogens is 1. The van der Waals surface area contributed by atoms with Gasteiger partial charge in [0.05, 0.1) is 0 Å². The molecule has 0 fully saturated rings. The van der Waals surface area contributed by atoms with Crippen molar-refractivity contribution >= 4 is 21.7 Å². The van der Waals surface area contributed by atoms with Crippen molar-refractivity contribution in [1.82, 2.24) is 10.3 Å². The number of hydrogen-bond acceptors (Lipinski definition) is 3. The fourth-order valence-electron chi connectivity index (χ4n) is 1.90. The van der Waals surface area contributed by atoms with Crippen LogP contribution in [0, 0.1) is 0 Å². The van der Waals surface area contributed by atoms with Crippen molar-refractivity contribution in [2.75, 3.05) is 18.5 Å². The lowest BCUT2D eigenvalue weighted by molar-refractivity contribution is 0.654. The van der Waals surface area contributed by atoms with Crippen molar-refractivity contribution in [3.05, 3.63) is 22.3 Å². The number of hydrogen-bond donors (Lipinski definition) is 1. The Kier molecular flexibility index (Phi) is 5.92. The highest BCUT2D eigenvalue weighted by Gasteiger charge is 2.15. The van der Waals surface area contributed by atoms with Crippen LogP contribution >= 0.6 is 15.9 Å². The van der Waals surface area contributed by atoms with E-state index in [1.807, 2.05) is 13.2 Å². The molecule has 1 aromatic rings. The Morgan fingerprint density at radius 3 is 2.71 bits per heavy atom. The molecule has 0 atom stereocenters. The van der Waals surface area contributed by atoms with Gasteiger partial charge in [0.25, 0.3) is 0 Å². The van der Waals surface area contributed by atoms with Gasteiger partial charge in [-0.25, -0.2) is 4.98 Å². The van der Waals surface area contributed by atoms with Crippen LogP contribution < -0.4 is 10.2 Å². The third kappa shape index (κ3) is 3.96. The van der Waals surface area contributed by atoms with Crippen molar-refractivity contribution in [3.8, 4) is 0 Å². The molecule has 0 aliphatic heterocycles. The molecule has 0 aliphatic carbocycles. The first-order valence-corrected chi connectivity index (χ1v) is 6.95. The van der Waals surface area contributed by atoms with E-state index in [0.29, 0.717) is 6.04 Å². The molecule has 0 saturated carbocycles. The monoisotopic (exact) mass is 299 g/mol. The summed E-state index contributed by atoms with van der Waals surface area (Å²) in [5, 5.41) is 3.20. The molecule has 0 unspecified atom stereocenters. The molecule has 1 aromatic heterocycles. The number of nitrogens with zero attached hydrogens (tertiary/aromatic N) is 2. The van der Waals surface area contributed by atoms with Crippen LogP contribution in [0.3, 0.4) is 0 Å². The van der Waals surface area contributed by atoms with E-state index in [1.165, 1.54) is 5.56 Å². The number of anilines is 1. The number of nitrogens with one attached hydrogen (secondary N) is 1. The van der Waals surface area contributed by atoms with E-state index in [2.05, 4.69) is 58.0 Å². The molecule has 0 amide bonds. The molecule has 0 radical (unpaired) electrons. The first kappa shape index (κ1) is 14.5. The van der Waals surface area contributed by atoms with Gasteiger partial charge < -0.3 is 10.2 Å². The average molecular weight is 300 g/mol. The zero-order valence-corrected chi connectivity index (χ0v) is 12.7. The van der Waals surface area contributed by atoms with Gasteiger partial charge >= 0.3 is 0 Å². The molecule has 3 nitrogen and oxygen atoms in total. The van der Waals surface area contributed by atoms with Gasteiger partial charge in [-0.1, -0.05) is 6.92 Å². The van der Waals surface area contributed by atoms with Crippen molar-refractivity contribution in [2.24, 2.45) is 0 Å². The quantitative estimate of drug-likeness (QED) is 0.874. The number of aromatic nitrogens is 1. The first-order valence-electron chi connectivity index (χ1n) is 6.15. The SMILES string of the molecule is CCCN(c1ncc(Br)cc1CNC)C(C)C. The Bertz CT molecular complexity index is 353. The van der Waals surface area contributed by atoms with E-state index < -0.39 is 0 Å². The molecule has 4 heteroatoms. The molecular weight excluding hydrogens is 278 g/mol. The second-order valence-corrected chi connectivity index (χ2v) is 5.37. The standard InChI is InChI=1S/C13H22BrN3/c1-5-6-17(10(2)3)13-11(8-15-4)7-12(14)9-16-13/h7,9-10,15H,5-6,8H2,1-4H3. The number of rotatable bonds is 6. The van der Waals surface area contributed by atoms with Crippen LogP contribution in [0.1, 0.15) is 32.8 Å². The van der Waals surface area contributed by atoms with Gasteiger partial charge in [0.1, 0.15) is 5.82 Å². The summed E-state index contributed by atoms with van der Waals surface area (Å²) in [6, 6.07) is 2.61. The van der Waals surface area contributed by atoms with Crippen LogP contribution in [0.25, 0.3) is 0 Å². The minimum absolute atomic E-state index is 0.472. The molecule has 0 aromatic carbocycles. The Balaban J connectivity index is 3.07. The van der Waals surface area contributed by atoms with Crippen LogP contribution in [-0.4, -0.2) is 24.6 Å². The van der Waals surface area contributed by atoms with Gasteiger partial charge in [-0.3, -0.25) is 0 Å². The lowest BCUT2D eigenvalue weighted by Gasteiger charge is -2.29. The maximum absolute atomic E-state index is 4.58. The van der Waals surface area contributed by atoms with E-state index in [9.17, 15) is 0 Å². The second-order valence-electron chi connectivity index (χ2n) is 4.45. The summed E-state index contributed by atoms with van der Waals surface area (Å²) in [6.45, 7) is 8.51. The molecule has 0 saturated heterocycles. The summed E-state index contributed by atoms with van der Waals surface area (Å²) in [7, 11) is 1.96. The van der Waals surface area contributed by atoms with Gasteiger partial charge in [0, 0.05) is 35.4 Å². The zero-order valence-electron chi connectivity index (χ0n) is 11.1. The fraction of sp³-hybridized carbons (Fsp3) is 0.615. The molecule has 0 spiro atoms. The average Bonchev–Trinajstić information content (AvgIpc) is 2.27. The van der Waals surface area contributed by atoms with Gasteiger partial charge in [-0.15, -0.1) is 0 Å². The van der Waals surface area contributed by atoms with E-state index in [4.69, 9.17) is 0 Å². The predicted octanol–water partition coefficient (Wildman–Crippen LogP) is 3.19. The normalized spacial score (nSPS) is 10.9. The summed E-state index contributed by atoms with van der Waals surface area (Å²) < 4.78 is 1.03. The van der Waals surface area contributed by atoms with Crippen LogP contribution in [0.5, 0.6) is 0 Å². The highest BCUT2D eigenvalue weighted by molar-refractivity contribution is 9.10. The third-order valence-electron chi connectivity index (χ3n) is 2.64. The van der Waals surface area contributed by atoms with E-state index >= 15 is 0 Å². The van der Waals surface area contributed by atoms with Crippen molar-refractivity contribution in [1.29, 1.82) is 0 Å². The van der Waals surface area contributed by atoms with Gasteiger partial charge in [-0.05, 0) is 49.3 Å². The maximum Gasteiger partial charge on any atom is 0.133 e. The summed E-state index contributed by atoms with van der Waals surface area (Å²) >= 11 is 3.48. The smallest absolute Gasteiger partial charge is 0.133 e. The Morgan fingerprint density at radius 1 is 1.47 bits per heavy atom. The highest BCUT2D eigenvalue weighted by Crippen LogP contribution is 2.23. The largest absolute Gasteiger partial charge is 0.354 e. The molecule has 96 valence electrons. The first-order chi connectivity index (χ1) is 8.10. The number of pyridine rings is 1. The van der Waals surface area contributed by atoms with Crippen LogP contribution in [0.2, 0.25) is 0 Å². The Morgan fingerprint density at radius 2 is 2.18 bits per heavy atom.